The summed E-state index contributed by atoms with van der Waals surface area (Å²) in [5.74, 6) is 1.33. The minimum absolute atomic E-state index is 0.0447. The lowest BCUT2D eigenvalue weighted by atomic mass is 9.82. The van der Waals surface area contributed by atoms with Gasteiger partial charge in [0.25, 0.3) is 0 Å². The summed E-state index contributed by atoms with van der Waals surface area (Å²) in [5.41, 5.74) is 0.846. The van der Waals surface area contributed by atoms with Crippen LogP contribution in [0, 0.1) is 34.5 Å². The largest absolute Gasteiger partial charge is 0.465 e. The van der Waals surface area contributed by atoms with E-state index >= 15 is 0 Å². The first-order valence-electron chi connectivity index (χ1n) is 16.1. The van der Waals surface area contributed by atoms with Crippen LogP contribution < -0.4 is 0 Å². The van der Waals surface area contributed by atoms with Crippen LogP contribution in [0.25, 0.3) is 0 Å². The zero-order valence-electron chi connectivity index (χ0n) is 26.7. The van der Waals surface area contributed by atoms with Crippen LogP contribution in [0.1, 0.15) is 158 Å². The average Bonchev–Trinajstić information content (AvgIpc) is 2.84. The molecule has 2 unspecified atom stereocenters. The van der Waals surface area contributed by atoms with Crippen LogP contribution in [0.15, 0.2) is 0 Å². The van der Waals surface area contributed by atoms with Crippen molar-refractivity contribution >= 4 is 11.9 Å². The summed E-state index contributed by atoms with van der Waals surface area (Å²) in [7, 11) is 0. The van der Waals surface area contributed by atoms with Crippen LogP contribution in [0.3, 0.4) is 0 Å². The second-order valence-electron chi connectivity index (χ2n) is 15.0. The summed E-state index contributed by atoms with van der Waals surface area (Å²) < 4.78 is 11.1. The van der Waals surface area contributed by atoms with E-state index in [1.54, 1.807) is 0 Å². The molecule has 1 rings (SSSR count). The normalized spacial score (nSPS) is 20.1. The summed E-state index contributed by atoms with van der Waals surface area (Å²) in [6, 6.07) is 0. The Morgan fingerprint density at radius 3 is 1.24 bits per heavy atom. The maximum atomic E-state index is 12.5. The van der Waals surface area contributed by atoms with E-state index in [1.807, 2.05) is 0 Å². The Bertz CT molecular complexity index is 578. The Morgan fingerprint density at radius 1 is 0.579 bits per heavy atom. The van der Waals surface area contributed by atoms with Crippen LogP contribution in [0.5, 0.6) is 0 Å². The molecule has 0 aromatic heterocycles. The molecule has 1 fully saturated rings. The van der Waals surface area contributed by atoms with Crippen molar-refractivity contribution in [1.82, 2.24) is 0 Å². The summed E-state index contributed by atoms with van der Waals surface area (Å²) in [6.07, 6.45) is 17.3. The van der Waals surface area contributed by atoms with Crippen molar-refractivity contribution in [1.29, 1.82) is 0 Å². The number of hydrogen-bond acceptors (Lipinski definition) is 4. The molecule has 38 heavy (non-hydrogen) atoms. The Hall–Kier alpha value is -1.06. The van der Waals surface area contributed by atoms with E-state index in [0.717, 1.165) is 63.2 Å². The monoisotopic (exact) mass is 536 g/mol. The molecule has 1 aliphatic carbocycles. The fraction of sp³-hybridized carbons (Fsp3) is 0.941. The number of carbonyl (C=O) groups is 2. The van der Waals surface area contributed by atoms with Crippen LogP contribution in [0.2, 0.25) is 0 Å². The molecule has 4 heteroatoms. The van der Waals surface area contributed by atoms with Crippen molar-refractivity contribution in [3.05, 3.63) is 0 Å². The number of esters is 2. The highest BCUT2D eigenvalue weighted by Gasteiger charge is 2.31. The Balaban J connectivity index is 2.04. The highest BCUT2D eigenvalue weighted by Crippen LogP contribution is 2.31. The molecule has 0 heterocycles. The van der Waals surface area contributed by atoms with E-state index in [4.69, 9.17) is 9.47 Å². The number of rotatable bonds is 18. The van der Waals surface area contributed by atoms with Gasteiger partial charge in [-0.2, -0.15) is 0 Å². The highest BCUT2D eigenvalue weighted by molar-refractivity contribution is 5.75. The predicted octanol–water partition coefficient (Wildman–Crippen LogP) is 9.92. The molecule has 4 nitrogen and oxygen atoms in total. The van der Waals surface area contributed by atoms with Crippen molar-refractivity contribution in [3.8, 4) is 0 Å². The zero-order valence-corrected chi connectivity index (χ0v) is 26.7. The van der Waals surface area contributed by atoms with Gasteiger partial charge in [-0.15, -0.1) is 0 Å². The fourth-order valence-corrected chi connectivity index (χ4v) is 5.34. The molecule has 0 aromatic carbocycles. The number of unbranched alkanes of at least 4 members (excludes halogenated alkanes) is 4. The van der Waals surface area contributed by atoms with Crippen molar-refractivity contribution in [3.63, 3.8) is 0 Å². The maximum Gasteiger partial charge on any atom is 0.308 e. The second kappa shape index (κ2) is 18.3. The highest BCUT2D eigenvalue weighted by atomic mass is 16.5. The summed E-state index contributed by atoms with van der Waals surface area (Å²) in [5, 5.41) is 0. The molecule has 0 aromatic rings. The third-order valence-electron chi connectivity index (χ3n) is 8.34. The fourth-order valence-electron chi connectivity index (χ4n) is 5.34. The first-order chi connectivity index (χ1) is 17.8. The van der Waals surface area contributed by atoms with Gasteiger partial charge in [0, 0.05) is 0 Å². The molecular formula is C34H64O4. The topological polar surface area (TPSA) is 52.6 Å². The van der Waals surface area contributed by atoms with Crippen LogP contribution in [0.4, 0.5) is 0 Å². The molecule has 224 valence electrons. The van der Waals surface area contributed by atoms with Crippen molar-refractivity contribution in [2.75, 3.05) is 13.2 Å². The van der Waals surface area contributed by atoms with E-state index in [-0.39, 0.29) is 23.8 Å². The molecule has 0 aliphatic heterocycles. The minimum Gasteiger partial charge on any atom is -0.465 e. The van der Waals surface area contributed by atoms with Gasteiger partial charge < -0.3 is 9.47 Å². The number of hydrogen-bond donors (Lipinski definition) is 0. The van der Waals surface area contributed by atoms with Gasteiger partial charge in [0.05, 0.1) is 25.0 Å². The molecule has 0 saturated heterocycles. The summed E-state index contributed by atoms with van der Waals surface area (Å²) in [6.45, 7) is 19.6. The lowest BCUT2D eigenvalue weighted by molar-refractivity contribution is -0.155. The Labute approximate surface area is 236 Å². The molecule has 0 spiro atoms. The summed E-state index contributed by atoms with van der Waals surface area (Å²) >= 11 is 0. The van der Waals surface area contributed by atoms with Gasteiger partial charge in [-0.1, -0.05) is 107 Å². The molecule has 0 radical (unpaired) electrons. The van der Waals surface area contributed by atoms with Crippen molar-refractivity contribution < 1.29 is 19.1 Å². The van der Waals surface area contributed by atoms with Gasteiger partial charge in [-0.25, -0.2) is 0 Å². The molecule has 2 atom stereocenters. The Morgan fingerprint density at radius 2 is 0.921 bits per heavy atom. The third-order valence-corrected chi connectivity index (χ3v) is 8.34. The minimum atomic E-state index is -0.0629. The van der Waals surface area contributed by atoms with E-state index in [2.05, 4.69) is 55.4 Å². The van der Waals surface area contributed by atoms with Gasteiger partial charge in [-0.3, -0.25) is 9.59 Å². The SMILES string of the molecule is CC(CCCCCOC(=O)C1CCC(C(=O)OCCCCCC(C)CCC(C)(C)C)CC1)CCC(C)(C)C. The quantitative estimate of drug-likeness (QED) is 0.129. The smallest absolute Gasteiger partial charge is 0.308 e. The van der Waals surface area contributed by atoms with Gasteiger partial charge in [0.2, 0.25) is 0 Å². The van der Waals surface area contributed by atoms with E-state index in [9.17, 15) is 9.59 Å². The standard InChI is InChI=1S/C34H64O4/c1-27(21-23-33(3,4)5)15-11-9-13-25-37-31(35)29-17-19-30(20-18-29)32(36)38-26-14-10-12-16-28(2)22-24-34(6,7)8/h27-30H,9-26H2,1-8H3. The van der Waals surface area contributed by atoms with Gasteiger partial charge in [0.15, 0.2) is 0 Å². The average molecular weight is 537 g/mol. The lowest BCUT2D eigenvalue weighted by Gasteiger charge is -2.26. The van der Waals surface area contributed by atoms with E-state index in [1.165, 1.54) is 51.4 Å². The molecule has 0 N–H and O–H groups in total. The zero-order chi connectivity index (χ0) is 28.6. The Kier molecular flexibility index (Phi) is 16.9. The van der Waals surface area contributed by atoms with Crippen LogP contribution >= 0.6 is 0 Å². The molecule has 1 aliphatic rings. The van der Waals surface area contributed by atoms with Crippen molar-refractivity contribution in [2.24, 2.45) is 34.5 Å². The maximum absolute atomic E-state index is 12.5. The molecule has 0 amide bonds. The summed E-state index contributed by atoms with van der Waals surface area (Å²) in [4.78, 5) is 24.9. The van der Waals surface area contributed by atoms with E-state index in [0.29, 0.717) is 24.0 Å². The first-order valence-corrected chi connectivity index (χ1v) is 16.1. The predicted molar refractivity (Wildman–Crippen MR) is 160 cm³/mol. The third kappa shape index (κ3) is 18.3. The number of carbonyl (C=O) groups excluding carboxylic acids is 2. The lowest BCUT2D eigenvalue weighted by Crippen LogP contribution is -2.28. The first kappa shape index (κ1) is 35.0. The molecule has 1 saturated carbocycles. The van der Waals surface area contributed by atoms with E-state index < -0.39 is 0 Å². The van der Waals surface area contributed by atoms with Crippen molar-refractivity contribution in [2.45, 2.75) is 158 Å². The van der Waals surface area contributed by atoms with Crippen LogP contribution in [-0.2, 0) is 19.1 Å². The molecular weight excluding hydrogens is 472 g/mol. The second-order valence-corrected chi connectivity index (χ2v) is 15.0. The number of ether oxygens (including phenoxy) is 2. The van der Waals surface area contributed by atoms with Gasteiger partial charge >= 0.3 is 11.9 Å². The van der Waals surface area contributed by atoms with Gasteiger partial charge in [-0.05, 0) is 74.0 Å². The van der Waals surface area contributed by atoms with Gasteiger partial charge in [0.1, 0.15) is 0 Å². The molecule has 0 bridgehead atoms. The van der Waals surface area contributed by atoms with Crippen LogP contribution in [-0.4, -0.2) is 25.2 Å².